The summed E-state index contributed by atoms with van der Waals surface area (Å²) in [7, 11) is -4.19. The van der Waals surface area contributed by atoms with Crippen molar-refractivity contribution in [3.8, 4) is 0 Å². The molecule has 170 valence electrons. The van der Waals surface area contributed by atoms with Gasteiger partial charge in [-0.2, -0.15) is 4.31 Å². The summed E-state index contributed by atoms with van der Waals surface area (Å²) in [5.41, 5.74) is 2.46. The van der Waals surface area contributed by atoms with Gasteiger partial charge in [0.05, 0.1) is 27.6 Å². The van der Waals surface area contributed by atoms with Gasteiger partial charge in [0.1, 0.15) is 4.32 Å². The van der Waals surface area contributed by atoms with Crippen LogP contribution in [0.3, 0.4) is 0 Å². The molecular weight excluding hydrogens is 488 g/mol. The minimum Gasteiger partial charge on any atom is -0.288 e. The first-order chi connectivity index (χ1) is 16.3. The molecule has 0 unspecified atom stereocenters. The Hall–Kier alpha value is -3.27. The second-order valence-electron chi connectivity index (χ2n) is 7.85. The number of aryl methyl sites for hydroxylation is 1. The zero-order valence-electron chi connectivity index (χ0n) is 18.0. The number of carbonyl (C=O) groups excluding carboxylic acids is 2. The number of anilines is 1. The van der Waals surface area contributed by atoms with Gasteiger partial charge in [-0.25, -0.2) is 8.42 Å². The Bertz CT molecular complexity index is 1480. The van der Waals surface area contributed by atoms with E-state index in [-0.39, 0.29) is 27.6 Å². The largest absolute Gasteiger partial charge is 0.288 e. The van der Waals surface area contributed by atoms with E-state index in [4.69, 9.17) is 12.2 Å². The number of hydrogen-bond acceptors (Lipinski definition) is 6. The van der Waals surface area contributed by atoms with Gasteiger partial charge in [0, 0.05) is 5.56 Å². The molecule has 0 N–H and O–H groups in total. The van der Waals surface area contributed by atoms with Crippen LogP contribution in [0.15, 0.2) is 88.7 Å². The summed E-state index contributed by atoms with van der Waals surface area (Å²) >= 11 is 6.47. The third-order valence-electron chi connectivity index (χ3n) is 5.61. The second-order valence-corrected chi connectivity index (χ2v) is 11.3. The Morgan fingerprint density at radius 2 is 1.50 bits per heavy atom. The molecule has 2 amide bonds. The van der Waals surface area contributed by atoms with Crippen molar-refractivity contribution in [2.45, 2.75) is 18.4 Å². The van der Waals surface area contributed by atoms with Crippen LogP contribution in [-0.4, -0.2) is 29.5 Å². The minimum atomic E-state index is -4.19. The highest BCUT2D eigenvalue weighted by atomic mass is 32.2. The molecule has 9 heteroatoms. The summed E-state index contributed by atoms with van der Waals surface area (Å²) in [6, 6.07) is 22.3. The van der Waals surface area contributed by atoms with Crippen molar-refractivity contribution in [3.05, 3.63) is 100 Å². The number of rotatable bonds is 4. The summed E-state index contributed by atoms with van der Waals surface area (Å²) < 4.78 is 28.1. The van der Waals surface area contributed by atoms with E-state index in [2.05, 4.69) is 0 Å². The van der Waals surface area contributed by atoms with Gasteiger partial charge < -0.3 is 0 Å². The molecule has 0 aliphatic carbocycles. The van der Waals surface area contributed by atoms with Gasteiger partial charge in [-0.15, -0.1) is 0 Å². The van der Waals surface area contributed by atoms with Crippen LogP contribution in [0.25, 0.3) is 5.57 Å². The van der Waals surface area contributed by atoms with Crippen LogP contribution in [-0.2, 0) is 26.2 Å². The molecule has 5 rings (SSSR count). The van der Waals surface area contributed by atoms with Crippen molar-refractivity contribution in [1.29, 1.82) is 0 Å². The molecule has 3 aromatic carbocycles. The standard InChI is InChI=1S/C25H18N2O4S3/c1-16-11-13-18(14-12-16)34(30,31)27-20-10-6-5-9-19(20)21(23(27)28)22-24(29)26(25(32)33-22)15-17-7-3-2-4-8-17/h2-14H,15H2,1H3/b22-21+. The monoisotopic (exact) mass is 506 g/mol. The van der Waals surface area contributed by atoms with Gasteiger partial charge in [0.2, 0.25) is 0 Å². The van der Waals surface area contributed by atoms with Gasteiger partial charge in [-0.1, -0.05) is 90.2 Å². The van der Waals surface area contributed by atoms with Gasteiger partial charge in [0.25, 0.3) is 21.8 Å². The first kappa shape index (κ1) is 22.5. The molecule has 0 radical (unpaired) electrons. The van der Waals surface area contributed by atoms with E-state index in [1.165, 1.54) is 17.0 Å². The minimum absolute atomic E-state index is 0.000806. The predicted molar refractivity (Wildman–Crippen MR) is 136 cm³/mol. The maximum absolute atomic E-state index is 13.6. The normalized spacial score (nSPS) is 18.1. The maximum atomic E-state index is 13.6. The van der Waals surface area contributed by atoms with Gasteiger partial charge in [-0.05, 0) is 30.7 Å². The fraction of sp³-hybridized carbons (Fsp3) is 0.0800. The third kappa shape index (κ3) is 3.66. The first-order valence-corrected chi connectivity index (χ1v) is 13.0. The molecule has 0 saturated carbocycles. The van der Waals surface area contributed by atoms with Crippen molar-refractivity contribution in [2.75, 3.05) is 4.31 Å². The van der Waals surface area contributed by atoms with E-state index in [1.807, 2.05) is 37.3 Å². The number of hydrogen-bond donors (Lipinski definition) is 0. The molecule has 1 saturated heterocycles. The summed E-state index contributed by atoms with van der Waals surface area (Å²) in [6.07, 6.45) is 0. The zero-order chi connectivity index (χ0) is 24.0. The summed E-state index contributed by atoms with van der Waals surface area (Å²) in [4.78, 5) is 28.6. The van der Waals surface area contributed by atoms with E-state index in [9.17, 15) is 18.0 Å². The number of fused-ring (bicyclic) bond motifs is 1. The summed E-state index contributed by atoms with van der Waals surface area (Å²) in [6.45, 7) is 2.12. The van der Waals surface area contributed by atoms with Crippen LogP contribution in [0.4, 0.5) is 5.69 Å². The predicted octanol–water partition coefficient (Wildman–Crippen LogP) is 4.50. The number of thiocarbonyl (C=S) groups is 1. The van der Waals surface area contributed by atoms with Gasteiger partial charge in [0.15, 0.2) is 0 Å². The molecule has 0 spiro atoms. The Labute approximate surface area is 206 Å². The van der Waals surface area contributed by atoms with Gasteiger partial charge in [-0.3, -0.25) is 14.5 Å². The Morgan fingerprint density at radius 1 is 0.853 bits per heavy atom. The zero-order valence-corrected chi connectivity index (χ0v) is 20.4. The number of benzene rings is 3. The highest BCUT2D eigenvalue weighted by molar-refractivity contribution is 8.26. The van der Waals surface area contributed by atoms with Crippen molar-refractivity contribution in [2.24, 2.45) is 0 Å². The van der Waals surface area contributed by atoms with Crippen molar-refractivity contribution >= 4 is 61.4 Å². The lowest BCUT2D eigenvalue weighted by Crippen LogP contribution is -2.34. The Kier molecular flexibility index (Phi) is 5.63. The van der Waals surface area contributed by atoms with Crippen LogP contribution in [0, 0.1) is 6.92 Å². The third-order valence-corrected chi connectivity index (χ3v) is 8.77. The van der Waals surface area contributed by atoms with Crippen LogP contribution in [0.1, 0.15) is 16.7 Å². The lowest BCUT2D eigenvalue weighted by Gasteiger charge is -2.17. The van der Waals surface area contributed by atoms with E-state index < -0.39 is 21.8 Å². The summed E-state index contributed by atoms with van der Waals surface area (Å²) in [5.74, 6) is -1.17. The molecule has 0 aromatic heterocycles. The molecular formula is C25H18N2O4S3. The molecule has 3 aromatic rings. The average Bonchev–Trinajstić information content (AvgIpc) is 3.27. The van der Waals surface area contributed by atoms with E-state index in [0.717, 1.165) is 27.2 Å². The SMILES string of the molecule is Cc1ccc(S(=O)(=O)N2C(=O)/C(=C3/SC(=S)N(Cc4ccccc4)C3=O)c3ccccc32)cc1. The van der Waals surface area contributed by atoms with E-state index >= 15 is 0 Å². The molecule has 0 bridgehead atoms. The van der Waals surface area contributed by atoms with E-state index in [0.29, 0.717) is 9.88 Å². The molecule has 2 aliphatic heterocycles. The van der Waals surface area contributed by atoms with Crippen LogP contribution in [0.5, 0.6) is 0 Å². The molecule has 34 heavy (non-hydrogen) atoms. The maximum Gasteiger partial charge on any atom is 0.274 e. The number of para-hydroxylation sites is 1. The average molecular weight is 507 g/mol. The summed E-state index contributed by atoms with van der Waals surface area (Å²) in [5, 5.41) is 0. The lowest BCUT2D eigenvalue weighted by molar-refractivity contribution is -0.122. The topological polar surface area (TPSA) is 74.8 Å². The number of carbonyl (C=O) groups is 2. The smallest absolute Gasteiger partial charge is 0.274 e. The van der Waals surface area contributed by atoms with Gasteiger partial charge >= 0.3 is 0 Å². The first-order valence-electron chi connectivity index (χ1n) is 10.4. The van der Waals surface area contributed by atoms with Crippen molar-refractivity contribution < 1.29 is 18.0 Å². The molecule has 6 nitrogen and oxygen atoms in total. The van der Waals surface area contributed by atoms with Crippen LogP contribution < -0.4 is 4.31 Å². The number of sulfonamides is 1. The second kappa shape index (κ2) is 8.50. The van der Waals surface area contributed by atoms with Crippen molar-refractivity contribution in [1.82, 2.24) is 4.90 Å². The fourth-order valence-electron chi connectivity index (χ4n) is 3.91. The number of nitrogens with zero attached hydrogens (tertiary/aromatic N) is 2. The Balaban J connectivity index is 1.59. The highest BCUT2D eigenvalue weighted by Crippen LogP contribution is 2.46. The fourth-order valence-corrected chi connectivity index (χ4v) is 6.66. The molecule has 2 heterocycles. The van der Waals surface area contributed by atoms with Crippen LogP contribution >= 0.6 is 24.0 Å². The van der Waals surface area contributed by atoms with Crippen molar-refractivity contribution in [3.63, 3.8) is 0 Å². The highest BCUT2D eigenvalue weighted by Gasteiger charge is 2.46. The Morgan fingerprint density at radius 3 is 2.21 bits per heavy atom. The quantitative estimate of drug-likeness (QED) is 0.383. The number of thioether (sulfide) groups is 1. The molecule has 0 atom stereocenters. The number of amides is 2. The van der Waals surface area contributed by atoms with Crippen LogP contribution in [0.2, 0.25) is 0 Å². The van der Waals surface area contributed by atoms with E-state index in [1.54, 1.807) is 36.4 Å². The molecule has 2 aliphatic rings. The molecule has 1 fully saturated rings. The lowest BCUT2D eigenvalue weighted by atomic mass is 10.1.